The Bertz CT molecular complexity index is 1820. The van der Waals surface area contributed by atoms with Crippen LogP contribution >= 0.6 is 0 Å². The van der Waals surface area contributed by atoms with Gasteiger partial charge in [0.2, 0.25) is 17.1 Å². The molecule has 0 atom stereocenters. The van der Waals surface area contributed by atoms with Crippen LogP contribution in [0.15, 0.2) is 59.8 Å². The first kappa shape index (κ1) is 36.4. The molecule has 12 heteroatoms. The summed E-state index contributed by atoms with van der Waals surface area (Å²) in [7, 11) is 0. The van der Waals surface area contributed by atoms with Gasteiger partial charge in [0.15, 0.2) is 13.2 Å². The number of nitrogens with one attached hydrogen (secondary N) is 1. The number of fused-ring (bicyclic) bond motifs is 4. The second kappa shape index (κ2) is 16.1. The van der Waals surface area contributed by atoms with Crippen molar-refractivity contribution in [2.24, 2.45) is 5.10 Å². The van der Waals surface area contributed by atoms with Gasteiger partial charge in [-0.2, -0.15) is 9.68 Å². The molecule has 6 rings (SSSR count). The van der Waals surface area contributed by atoms with E-state index in [9.17, 15) is 4.79 Å². The fraction of sp³-hybridized carbons (Fsp3) is 0.378. The Balaban J connectivity index is 0.00000103. The number of terminal acetylenes is 1. The summed E-state index contributed by atoms with van der Waals surface area (Å²) >= 11 is 0. The minimum atomic E-state index is -0.570. The largest absolute Gasteiger partial charge is 0.475 e. The molecule has 0 radical (unpaired) electrons. The van der Waals surface area contributed by atoms with Gasteiger partial charge in [-0.1, -0.05) is 20.3 Å². The van der Waals surface area contributed by atoms with E-state index in [0.29, 0.717) is 60.2 Å². The molecule has 0 aliphatic carbocycles. The van der Waals surface area contributed by atoms with Crippen LogP contribution in [0.3, 0.4) is 0 Å². The van der Waals surface area contributed by atoms with Gasteiger partial charge in [-0.15, -0.1) is 12.8 Å². The first-order valence-corrected chi connectivity index (χ1v) is 16.2. The van der Waals surface area contributed by atoms with Crippen molar-refractivity contribution in [1.82, 2.24) is 19.9 Å². The molecule has 11 nitrogen and oxygen atoms in total. The van der Waals surface area contributed by atoms with Gasteiger partial charge in [0.1, 0.15) is 41.6 Å². The molecule has 3 aliphatic heterocycles. The predicted octanol–water partition coefficient (Wildman–Crippen LogP) is 7.31. The number of carbonyl (C=O) groups excluding carboxylic acids is 1. The maximum Gasteiger partial charge on any atom is 0.411 e. The third-order valence-electron chi connectivity index (χ3n) is 7.31. The zero-order valence-corrected chi connectivity index (χ0v) is 29.3. The zero-order chi connectivity index (χ0) is 35.7. The van der Waals surface area contributed by atoms with Crippen molar-refractivity contribution in [3.63, 3.8) is 0 Å². The van der Waals surface area contributed by atoms with E-state index in [1.807, 2.05) is 59.0 Å². The fourth-order valence-electron chi connectivity index (χ4n) is 5.29. The molecule has 2 aromatic carbocycles. The van der Waals surface area contributed by atoms with Crippen LogP contribution < -0.4 is 14.8 Å². The molecular formula is C37H45FN7O4+. The molecule has 258 valence electrons. The van der Waals surface area contributed by atoms with Gasteiger partial charge in [0.25, 0.3) is 0 Å². The van der Waals surface area contributed by atoms with Crippen molar-refractivity contribution < 1.29 is 28.0 Å². The molecule has 49 heavy (non-hydrogen) atoms. The summed E-state index contributed by atoms with van der Waals surface area (Å²) in [6.07, 6.45) is 17.5. The van der Waals surface area contributed by atoms with E-state index in [4.69, 9.17) is 14.2 Å². The highest BCUT2D eigenvalue weighted by molar-refractivity contribution is 6.00. The van der Waals surface area contributed by atoms with E-state index in [1.54, 1.807) is 28.3 Å². The Morgan fingerprint density at radius 3 is 2.65 bits per heavy atom. The Morgan fingerprint density at radius 1 is 1.22 bits per heavy atom. The van der Waals surface area contributed by atoms with Gasteiger partial charge < -0.3 is 19.5 Å². The lowest BCUT2D eigenvalue weighted by molar-refractivity contribution is -0.453. The van der Waals surface area contributed by atoms with Crippen LogP contribution in [0.2, 0.25) is 0 Å². The summed E-state index contributed by atoms with van der Waals surface area (Å²) in [5.74, 6) is 1.57. The van der Waals surface area contributed by atoms with Gasteiger partial charge in [0, 0.05) is 24.5 Å². The smallest absolute Gasteiger partial charge is 0.411 e. The van der Waals surface area contributed by atoms with E-state index in [2.05, 4.69) is 51.7 Å². The van der Waals surface area contributed by atoms with Crippen molar-refractivity contribution in [2.75, 3.05) is 38.1 Å². The number of hydrogen-bond acceptors (Lipinski definition) is 9. The molecule has 4 heterocycles. The number of hydrazone groups is 1. The highest BCUT2D eigenvalue weighted by atomic mass is 19.1. The molecule has 3 aromatic rings. The SMILES string of the molecule is C#C.C/C=N\N1C=CC(Oc2cc(F)c(Nc3ncnc4ccc5c(c34)OCC3=[N+]5CCN(C(=O)OC(C)(C)C)C3)cc2C)=CC1.CCC. The number of nitrogens with zero attached hydrogens (tertiary/aromatic N) is 6. The van der Waals surface area contributed by atoms with Gasteiger partial charge in [-0.05, 0) is 64.5 Å². The Hall–Kier alpha value is -5.44. The van der Waals surface area contributed by atoms with Gasteiger partial charge in [-0.3, -0.25) is 9.91 Å². The summed E-state index contributed by atoms with van der Waals surface area (Å²) < 4.78 is 35.5. The summed E-state index contributed by atoms with van der Waals surface area (Å²) in [6.45, 7) is 15.8. The van der Waals surface area contributed by atoms with E-state index < -0.39 is 11.4 Å². The maximum atomic E-state index is 15.5. The average molecular weight is 671 g/mol. The molecule has 0 saturated heterocycles. The first-order valence-electron chi connectivity index (χ1n) is 16.2. The highest BCUT2D eigenvalue weighted by Crippen LogP contribution is 2.42. The van der Waals surface area contributed by atoms with Crippen molar-refractivity contribution >= 4 is 46.1 Å². The third-order valence-corrected chi connectivity index (χ3v) is 7.31. The lowest BCUT2D eigenvalue weighted by atomic mass is 10.1. The highest BCUT2D eigenvalue weighted by Gasteiger charge is 2.37. The molecule has 1 amide bonds. The number of halogens is 1. The van der Waals surface area contributed by atoms with Crippen LogP contribution in [0.1, 0.15) is 53.5 Å². The normalized spacial score (nSPS) is 15.2. The molecule has 0 saturated carbocycles. The second-order valence-electron chi connectivity index (χ2n) is 12.4. The van der Waals surface area contributed by atoms with Gasteiger partial charge in [-0.25, -0.2) is 19.2 Å². The van der Waals surface area contributed by atoms with Crippen molar-refractivity contribution in [3.8, 4) is 24.3 Å². The number of anilines is 2. The van der Waals surface area contributed by atoms with Gasteiger partial charge in [0.05, 0.1) is 29.7 Å². The Morgan fingerprint density at radius 2 is 1.98 bits per heavy atom. The number of hydrogen-bond donors (Lipinski definition) is 1. The average Bonchev–Trinajstić information content (AvgIpc) is 3.08. The van der Waals surface area contributed by atoms with E-state index in [-0.39, 0.29) is 18.4 Å². The first-order chi connectivity index (χ1) is 23.5. The number of allylic oxidation sites excluding steroid dienone is 1. The maximum absolute atomic E-state index is 15.5. The van der Waals surface area contributed by atoms with Crippen LogP contribution in [-0.4, -0.2) is 80.9 Å². The summed E-state index contributed by atoms with van der Waals surface area (Å²) in [6, 6.07) is 6.90. The molecule has 0 fully saturated rings. The van der Waals surface area contributed by atoms with Crippen molar-refractivity contribution in [1.29, 1.82) is 0 Å². The molecular weight excluding hydrogens is 625 g/mol. The van der Waals surface area contributed by atoms with E-state index in [1.165, 1.54) is 18.8 Å². The molecule has 1 N–H and O–H groups in total. The molecule has 3 aliphatic rings. The molecule has 0 spiro atoms. The standard InChI is InChI=1S/C32H35FN7O4.C3H8.C2H2/c1-6-36-39-11-9-22(10-12-39)43-27-16-23(33)25(15-20(27)2)37-30-28-24(34-19-35-30)7-8-26-29(28)42-18-21-17-38(13-14-40(21)26)31(41)44-32(3,4)5;1-3-2;1-2/h6-11,15-16,19H,12-14,17-18H2,1-5H3,(H,34,35,37);3H2,1-2H3;1-2H/q+1;;/b36-6-;;. The number of aryl methyl sites for hydroxylation is 1. The van der Waals surface area contributed by atoms with Crippen LogP contribution in [0.4, 0.5) is 26.4 Å². The fourth-order valence-corrected chi connectivity index (χ4v) is 5.29. The summed E-state index contributed by atoms with van der Waals surface area (Å²) in [5.41, 5.74) is 2.88. The molecule has 0 unspecified atom stereocenters. The minimum Gasteiger partial charge on any atom is -0.475 e. The minimum absolute atomic E-state index is 0.248. The number of carbonyl (C=O) groups is 1. The Kier molecular flexibility index (Phi) is 12.0. The monoisotopic (exact) mass is 670 g/mol. The molecule has 0 bridgehead atoms. The lowest BCUT2D eigenvalue weighted by Crippen LogP contribution is -2.50. The van der Waals surface area contributed by atoms with Crippen LogP contribution in [0, 0.1) is 25.6 Å². The lowest BCUT2D eigenvalue weighted by Gasteiger charge is -2.31. The second-order valence-corrected chi connectivity index (χ2v) is 12.4. The van der Waals surface area contributed by atoms with E-state index in [0.717, 1.165) is 17.0 Å². The zero-order valence-electron chi connectivity index (χ0n) is 29.3. The van der Waals surface area contributed by atoms with E-state index >= 15 is 4.39 Å². The number of benzene rings is 2. The third kappa shape index (κ3) is 8.73. The quantitative estimate of drug-likeness (QED) is 0.171. The number of aromatic nitrogens is 2. The number of rotatable bonds is 5. The van der Waals surface area contributed by atoms with Crippen molar-refractivity contribution in [3.05, 3.63) is 66.1 Å². The van der Waals surface area contributed by atoms with Crippen LogP contribution in [0.5, 0.6) is 11.5 Å². The van der Waals surface area contributed by atoms with Crippen LogP contribution in [-0.2, 0) is 4.74 Å². The topological polar surface area (TPSA) is 104 Å². The number of ether oxygens (including phenoxy) is 3. The molecule has 1 aromatic heterocycles. The van der Waals surface area contributed by atoms with Crippen LogP contribution in [0.25, 0.3) is 10.9 Å². The predicted molar refractivity (Wildman–Crippen MR) is 192 cm³/mol. The van der Waals surface area contributed by atoms with Gasteiger partial charge >= 0.3 is 6.09 Å². The Labute approximate surface area is 287 Å². The summed E-state index contributed by atoms with van der Waals surface area (Å²) in [4.78, 5) is 23.3. The summed E-state index contributed by atoms with van der Waals surface area (Å²) in [5, 5.41) is 9.79. The van der Waals surface area contributed by atoms with Crippen molar-refractivity contribution in [2.45, 2.75) is 60.5 Å². The number of amides is 1.